The molecule has 1 aliphatic rings. The number of methoxy groups -OCH3 is 1. The average Bonchev–Trinajstić information content (AvgIpc) is 2.89. The van der Waals surface area contributed by atoms with Gasteiger partial charge in [-0.05, 0) is 24.3 Å². The molecule has 11 nitrogen and oxygen atoms in total. The van der Waals surface area contributed by atoms with Crippen molar-refractivity contribution in [3.05, 3.63) is 60.2 Å². The van der Waals surface area contributed by atoms with E-state index in [-0.39, 0.29) is 30.2 Å². The second-order valence-corrected chi connectivity index (χ2v) is 9.20. The minimum Gasteiger partial charge on any atom is -0.507 e. The average molecular weight is 511 g/mol. The van der Waals surface area contributed by atoms with Gasteiger partial charge in [-0.1, -0.05) is 44.2 Å². The van der Waals surface area contributed by atoms with Gasteiger partial charge in [0.1, 0.15) is 5.69 Å². The van der Waals surface area contributed by atoms with Crippen molar-refractivity contribution in [2.24, 2.45) is 5.92 Å². The molecule has 1 aromatic heterocycles. The molecule has 1 saturated heterocycles. The number of Topliss-reactive ketones (excluding diaryl/α,β-unsaturated/α-hetero) is 1. The van der Waals surface area contributed by atoms with E-state index in [1.54, 1.807) is 0 Å². The second kappa shape index (κ2) is 13.1. The van der Waals surface area contributed by atoms with Crippen molar-refractivity contribution in [1.82, 2.24) is 15.3 Å². The standard InChI is InChI=1S/C25H30BN3O8/c1-15(2)11-17(26-36-22(25(34)35-3)21(31)24(33)37-26)13-20(30)18(12-16-7-5-4-6-8-16)29-23(32)19-14-27-9-10-28-19/h4-10,14-15,17-18,21-22,31H,11-13H2,1-3H3,(H,29,32)/t17-,18+,21-,22-/m1/s1. The molecule has 12 heteroatoms. The summed E-state index contributed by atoms with van der Waals surface area (Å²) in [7, 11) is -0.157. The normalized spacial score (nSPS) is 19.1. The molecule has 196 valence electrons. The maximum Gasteiger partial charge on any atom is 0.531 e. The van der Waals surface area contributed by atoms with Crippen LogP contribution in [0, 0.1) is 5.92 Å². The number of ether oxygens (including phenoxy) is 1. The number of rotatable bonds is 11. The number of esters is 1. The number of aromatic nitrogens is 2. The van der Waals surface area contributed by atoms with E-state index in [2.05, 4.69) is 20.0 Å². The first-order chi connectivity index (χ1) is 17.7. The molecule has 1 amide bonds. The molecule has 1 aliphatic heterocycles. The molecule has 0 bridgehead atoms. The third-order valence-corrected chi connectivity index (χ3v) is 5.87. The Morgan fingerprint density at radius 3 is 2.54 bits per heavy atom. The van der Waals surface area contributed by atoms with Crippen molar-refractivity contribution < 1.29 is 38.3 Å². The zero-order valence-corrected chi connectivity index (χ0v) is 20.9. The Morgan fingerprint density at radius 2 is 1.92 bits per heavy atom. The molecule has 3 rings (SSSR count). The molecule has 37 heavy (non-hydrogen) atoms. The van der Waals surface area contributed by atoms with Crippen molar-refractivity contribution in [1.29, 1.82) is 0 Å². The van der Waals surface area contributed by atoms with Crippen molar-refractivity contribution in [2.45, 2.75) is 57.2 Å². The van der Waals surface area contributed by atoms with Gasteiger partial charge in [0.2, 0.25) is 0 Å². The summed E-state index contributed by atoms with van der Waals surface area (Å²) in [5.74, 6) is -3.43. The van der Waals surface area contributed by atoms with Crippen LogP contribution in [0.3, 0.4) is 0 Å². The Balaban J connectivity index is 1.82. The Bertz CT molecular complexity index is 1090. The van der Waals surface area contributed by atoms with Gasteiger partial charge in [-0.2, -0.15) is 0 Å². The van der Waals surface area contributed by atoms with Crippen LogP contribution >= 0.6 is 0 Å². The maximum absolute atomic E-state index is 13.6. The van der Waals surface area contributed by atoms with Crippen LogP contribution in [-0.4, -0.2) is 71.2 Å². The van der Waals surface area contributed by atoms with E-state index < -0.39 is 49.0 Å². The van der Waals surface area contributed by atoms with E-state index in [0.717, 1.165) is 12.7 Å². The monoisotopic (exact) mass is 511 g/mol. The highest BCUT2D eigenvalue weighted by atomic mass is 16.7. The van der Waals surface area contributed by atoms with Gasteiger partial charge in [-0.15, -0.1) is 0 Å². The number of carbonyl (C=O) groups is 4. The Kier molecular flexibility index (Phi) is 9.87. The van der Waals surface area contributed by atoms with Crippen LogP contribution in [-0.2, 0) is 34.9 Å². The van der Waals surface area contributed by atoms with Crippen LogP contribution in [0.5, 0.6) is 0 Å². The molecular formula is C25H30BN3O8. The van der Waals surface area contributed by atoms with Gasteiger partial charge in [-0.3, -0.25) is 19.4 Å². The van der Waals surface area contributed by atoms with Crippen LogP contribution in [0.4, 0.5) is 0 Å². The molecule has 0 radical (unpaired) electrons. The highest BCUT2D eigenvalue weighted by Gasteiger charge is 2.49. The Labute approximate surface area is 215 Å². The van der Waals surface area contributed by atoms with Crippen LogP contribution in [0.25, 0.3) is 0 Å². The Hall–Kier alpha value is -3.64. The number of carbonyl (C=O) groups excluding carboxylic acids is 4. The number of hydrogen-bond donors (Lipinski definition) is 2. The topological polar surface area (TPSA) is 154 Å². The highest BCUT2D eigenvalue weighted by molar-refractivity contribution is 6.50. The zero-order valence-electron chi connectivity index (χ0n) is 20.9. The summed E-state index contributed by atoms with van der Waals surface area (Å²) in [4.78, 5) is 58.6. The summed E-state index contributed by atoms with van der Waals surface area (Å²) in [6.07, 6.45) is 1.20. The quantitative estimate of drug-likeness (QED) is 0.332. The third-order valence-electron chi connectivity index (χ3n) is 5.87. The lowest BCUT2D eigenvalue weighted by molar-refractivity contribution is -0.174. The fourth-order valence-electron chi connectivity index (χ4n) is 4.10. The third kappa shape index (κ3) is 7.67. The molecule has 0 saturated carbocycles. The van der Waals surface area contributed by atoms with E-state index >= 15 is 0 Å². The predicted octanol–water partition coefficient (Wildman–Crippen LogP) is 1.16. The van der Waals surface area contributed by atoms with Crippen LogP contribution in [0.2, 0.25) is 5.82 Å². The molecule has 0 spiro atoms. The number of nitrogens with zero attached hydrogens (tertiary/aromatic N) is 2. The molecule has 0 aliphatic carbocycles. The Morgan fingerprint density at radius 1 is 1.19 bits per heavy atom. The predicted molar refractivity (Wildman–Crippen MR) is 131 cm³/mol. The molecule has 2 heterocycles. The van der Waals surface area contributed by atoms with E-state index in [4.69, 9.17) is 9.31 Å². The summed E-state index contributed by atoms with van der Waals surface area (Å²) in [5.41, 5.74) is 0.890. The fraction of sp³-hybridized carbons (Fsp3) is 0.440. The highest BCUT2D eigenvalue weighted by Crippen LogP contribution is 2.31. The van der Waals surface area contributed by atoms with Gasteiger partial charge >= 0.3 is 19.1 Å². The summed E-state index contributed by atoms with van der Waals surface area (Å²) in [5, 5.41) is 12.8. The molecule has 4 atom stereocenters. The number of aliphatic hydroxyl groups is 1. The van der Waals surface area contributed by atoms with E-state index in [1.165, 1.54) is 18.6 Å². The van der Waals surface area contributed by atoms with E-state index in [1.807, 2.05) is 44.2 Å². The summed E-state index contributed by atoms with van der Waals surface area (Å²) < 4.78 is 15.5. The molecule has 2 N–H and O–H groups in total. The minimum absolute atomic E-state index is 0.0616. The number of amides is 1. The maximum atomic E-state index is 13.6. The molecule has 1 aromatic carbocycles. The lowest BCUT2D eigenvalue weighted by Crippen LogP contribution is -2.55. The second-order valence-electron chi connectivity index (χ2n) is 9.20. The van der Waals surface area contributed by atoms with Gasteiger partial charge in [0.15, 0.2) is 18.0 Å². The molecule has 0 unspecified atom stereocenters. The van der Waals surface area contributed by atoms with Gasteiger partial charge in [-0.25, -0.2) is 9.78 Å². The van der Waals surface area contributed by atoms with Gasteiger partial charge in [0.25, 0.3) is 5.91 Å². The lowest BCUT2D eigenvalue weighted by Gasteiger charge is -2.33. The van der Waals surface area contributed by atoms with E-state index in [9.17, 15) is 24.3 Å². The SMILES string of the molecule is COC(=O)[C@@H]1OB([C@@H](CC(=O)[C@H](Cc2ccccc2)NC(=O)c2cnccn2)CC(C)C)OC(=O)[C@@H]1O. The summed E-state index contributed by atoms with van der Waals surface area (Å²) in [6, 6.07) is 8.27. The molecule has 1 fully saturated rings. The minimum atomic E-state index is -1.84. The van der Waals surface area contributed by atoms with Crippen molar-refractivity contribution in [3.8, 4) is 0 Å². The summed E-state index contributed by atoms with van der Waals surface area (Å²) >= 11 is 0. The summed E-state index contributed by atoms with van der Waals surface area (Å²) in [6.45, 7) is 3.85. The number of aliphatic hydroxyl groups excluding tert-OH is 1. The number of hydrogen-bond acceptors (Lipinski definition) is 10. The van der Waals surface area contributed by atoms with Crippen LogP contribution in [0.15, 0.2) is 48.9 Å². The van der Waals surface area contributed by atoms with Crippen molar-refractivity contribution in [3.63, 3.8) is 0 Å². The van der Waals surface area contributed by atoms with Crippen molar-refractivity contribution in [2.75, 3.05) is 7.11 Å². The molecule has 2 aromatic rings. The molecular weight excluding hydrogens is 481 g/mol. The van der Waals surface area contributed by atoms with Crippen molar-refractivity contribution >= 4 is 30.7 Å². The lowest BCUT2D eigenvalue weighted by atomic mass is 9.64. The first-order valence-corrected chi connectivity index (χ1v) is 11.9. The number of benzene rings is 1. The first-order valence-electron chi connectivity index (χ1n) is 11.9. The smallest absolute Gasteiger partial charge is 0.507 e. The van der Waals surface area contributed by atoms with Crippen LogP contribution in [0.1, 0.15) is 42.7 Å². The zero-order chi connectivity index (χ0) is 26.9. The number of ketones is 1. The van der Waals surface area contributed by atoms with E-state index in [0.29, 0.717) is 6.42 Å². The van der Waals surface area contributed by atoms with Crippen LogP contribution < -0.4 is 5.32 Å². The fourth-order valence-corrected chi connectivity index (χ4v) is 4.10. The first kappa shape index (κ1) is 27.9. The van der Waals surface area contributed by atoms with Gasteiger partial charge in [0.05, 0.1) is 19.3 Å². The number of nitrogens with one attached hydrogen (secondary N) is 1. The van der Waals surface area contributed by atoms with Gasteiger partial charge < -0.3 is 24.5 Å². The largest absolute Gasteiger partial charge is 0.531 e. The van der Waals surface area contributed by atoms with Gasteiger partial charge in [0, 0.05) is 24.6 Å².